The van der Waals surface area contributed by atoms with Crippen LogP contribution in [0.2, 0.25) is 6.04 Å². The number of carbonyl (C=O) groups is 1. The predicted molar refractivity (Wildman–Crippen MR) is 131 cm³/mol. The lowest BCUT2D eigenvalue weighted by molar-refractivity contribution is 0.123. The highest BCUT2D eigenvalue weighted by atomic mass is 28.4. The van der Waals surface area contributed by atoms with Crippen molar-refractivity contribution in [3.05, 3.63) is 18.2 Å². The van der Waals surface area contributed by atoms with E-state index >= 15 is 0 Å². The lowest BCUT2D eigenvalue weighted by Crippen LogP contribution is -2.44. The van der Waals surface area contributed by atoms with Crippen molar-refractivity contribution in [1.29, 1.82) is 0 Å². The highest BCUT2D eigenvalue weighted by Gasteiger charge is 2.36. The maximum absolute atomic E-state index is 12.0. The van der Waals surface area contributed by atoms with Crippen LogP contribution in [0, 0.1) is 0 Å². The Balaban J connectivity index is 2.12. The number of amides is 2. The number of nitrogens with zero attached hydrogens (tertiary/aromatic N) is 2. The van der Waals surface area contributed by atoms with Gasteiger partial charge in [-0.25, -0.2) is 9.78 Å². The molecule has 0 aromatic carbocycles. The summed E-state index contributed by atoms with van der Waals surface area (Å²) in [6.07, 6.45) is 17.5. The third-order valence-electron chi connectivity index (χ3n) is 5.82. The Kier molecular flexibility index (Phi) is 16.1. The van der Waals surface area contributed by atoms with Crippen molar-refractivity contribution in [3.63, 3.8) is 0 Å². The number of hydrogen-bond acceptors (Lipinski definition) is 5. The molecule has 186 valence electrons. The van der Waals surface area contributed by atoms with E-state index in [1.165, 1.54) is 57.8 Å². The highest BCUT2D eigenvalue weighted by molar-refractivity contribution is 6.60. The number of carbonyl (C=O) groups excluding carboxylic acids is 1. The van der Waals surface area contributed by atoms with Gasteiger partial charge in [-0.2, -0.15) is 0 Å². The summed E-state index contributed by atoms with van der Waals surface area (Å²) in [6, 6.07) is 0.499. The molecule has 1 heterocycles. The van der Waals surface area contributed by atoms with Crippen molar-refractivity contribution in [3.8, 4) is 0 Å². The molecule has 1 aromatic heterocycles. The van der Waals surface area contributed by atoms with Gasteiger partial charge in [0.2, 0.25) is 0 Å². The second-order valence-electron chi connectivity index (χ2n) is 8.20. The first-order valence-corrected chi connectivity index (χ1v) is 14.2. The molecule has 0 spiro atoms. The number of nitrogens with one attached hydrogen (secondary N) is 2. The Labute approximate surface area is 196 Å². The normalized spacial score (nSPS) is 11.6. The van der Waals surface area contributed by atoms with Crippen LogP contribution in [0.25, 0.3) is 0 Å². The average molecular weight is 471 g/mol. The fourth-order valence-corrected chi connectivity index (χ4v) is 5.50. The zero-order valence-electron chi connectivity index (χ0n) is 20.8. The van der Waals surface area contributed by atoms with E-state index < -0.39 is 8.80 Å². The lowest BCUT2D eigenvalue weighted by atomic mass is 10.1. The molecule has 0 aliphatic heterocycles. The third-order valence-corrected chi connectivity index (χ3v) is 8.65. The van der Waals surface area contributed by atoms with Crippen molar-refractivity contribution in [2.24, 2.45) is 0 Å². The Morgan fingerprint density at radius 3 is 2.12 bits per heavy atom. The van der Waals surface area contributed by atoms with Gasteiger partial charge in [-0.1, -0.05) is 58.3 Å². The van der Waals surface area contributed by atoms with Crippen molar-refractivity contribution >= 4 is 14.8 Å². The van der Waals surface area contributed by atoms with Gasteiger partial charge in [0, 0.05) is 65.8 Å². The summed E-state index contributed by atoms with van der Waals surface area (Å²) < 4.78 is 18.3. The number of urea groups is 1. The van der Waals surface area contributed by atoms with Gasteiger partial charge in [-0.3, -0.25) is 0 Å². The largest absolute Gasteiger partial charge is 0.500 e. The number of aromatic nitrogens is 2. The zero-order chi connectivity index (χ0) is 23.5. The molecule has 1 rings (SSSR count). The second kappa shape index (κ2) is 18.1. The van der Waals surface area contributed by atoms with Crippen LogP contribution in [-0.2, 0) is 26.2 Å². The first-order valence-electron chi connectivity index (χ1n) is 12.3. The molecule has 8 nitrogen and oxygen atoms in total. The Bertz CT molecular complexity index is 588. The molecule has 9 heteroatoms. The molecule has 2 amide bonds. The maximum atomic E-state index is 12.0. The lowest BCUT2D eigenvalue weighted by Gasteiger charge is -2.24. The van der Waals surface area contributed by atoms with E-state index in [1.807, 2.05) is 12.4 Å². The van der Waals surface area contributed by atoms with Crippen LogP contribution in [0.4, 0.5) is 4.79 Å². The predicted octanol–water partition coefficient (Wildman–Crippen LogP) is 4.52. The van der Waals surface area contributed by atoms with E-state index in [0.717, 1.165) is 25.2 Å². The molecular formula is C23H46N4O4Si. The van der Waals surface area contributed by atoms with Crippen LogP contribution in [-0.4, -0.2) is 58.8 Å². The summed E-state index contributed by atoms with van der Waals surface area (Å²) in [5, 5.41) is 5.78. The van der Waals surface area contributed by atoms with Crippen molar-refractivity contribution in [1.82, 2.24) is 20.2 Å². The SMILES string of the molecule is CCCCCCCCCCCc1nccn1CCNC(=O)NCCC[Si](OC)(OC)OC. The molecule has 1 aromatic rings. The molecular weight excluding hydrogens is 424 g/mol. The smallest absolute Gasteiger partial charge is 0.377 e. The Hall–Kier alpha value is -1.42. The Morgan fingerprint density at radius 2 is 1.50 bits per heavy atom. The van der Waals surface area contributed by atoms with Crippen LogP contribution >= 0.6 is 0 Å². The average Bonchev–Trinajstić information content (AvgIpc) is 3.26. The van der Waals surface area contributed by atoms with Gasteiger partial charge in [0.15, 0.2) is 0 Å². The van der Waals surface area contributed by atoms with Gasteiger partial charge in [0.25, 0.3) is 0 Å². The standard InChI is InChI=1S/C23H46N4O4Si/c1-5-6-7-8-9-10-11-12-13-15-22-24-17-19-27(22)20-18-26-23(28)25-16-14-21-32(29-2,30-3)31-4/h17,19H,5-16,18,20-21H2,1-4H3,(H2,25,26,28). The summed E-state index contributed by atoms with van der Waals surface area (Å²) in [5.41, 5.74) is 0. The first-order chi connectivity index (χ1) is 15.6. The molecule has 0 aliphatic rings. The van der Waals surface area contributed by atoms with Crippen LogP contribution in [0.3, 0.4) is 0 Å². The monoisotopic (exact) mass is 470 g/mol. The first kappa shape index (κ1) is 28.6. The summed E-state index contributed by atoms with van der Waals surface area (Å²) in [6.45, 7) is 4.11. The van der Waals surface area contributed by atoms with Crippen molar-refractivity contribution < 1.29 is 18.1 Å². The van der Waals surface area contributed by atoms with Crippen molar-refractivity contribution in [2.75, 3.05) is 34.4 Å². The van der Waals surface area contributed by atoms with Crippen LogP contribution in [0.5, 0.6) is 0 Å². The number of hydrogen-bond donors (Lipinski definition) is 2. The van der Waals surface area contributed by atoms with E-state index in [-0.39, 0.29) is 6.03 Å². The van der Waals surface area contributed by atoms with Gasteiger partial charge in [-0.05, 0) is 12.8 Å². The van der Waals surface area contributed by atoms with Gasteiger partial charge in [-0.15, -0.1) is 0 Å². The molecule has 0 radical (unpaired) electrons. The molecule has 0 bridgehead atoms. The van der Waals surface area contributed by atoms with E-state index in [9.17, 15) is 4.79 Å². The summed E-state index contributed by atoms with van der Waals surface area (Å²) >= 11 is 0. The summed E-state index contributed by atoms with van der Waals surface area (Å²) in [5.74, 6) is 1.11. The number of unbranched alkanes of at least 4 members (excludes halogenated alkanes) is 8. The summed E-state index contributed by atoms with van der Waals surface area (Å²) in [4.78, 5) is 16.5. The van der Waals surface area contributed by atoms with Crippen LogP contribution in [0.15, 0.2) is 12.4 Å². The molecule has 0 saturated heterocycles. The molecule has 32 heavy (non-hydrogen) atoms. The summed E-state index contributed by atoms with van der Waals surface area (Å²) in [7, 11) is 2.22. The van der Waals surface area contributed by atoms with Gasteiger partial charge in [0.1, 0.15) is 5.82 Å². The third kappa shape index (κ3) is 12.0. The molecule has 2 N–H and O–H groups in total. The molecule has 0 fully saturated rings. The number of aryl methyl sites for hydroxylation is 1. The van der Waals surface area contributed by atoms with E-state index in [1.54, 1.807) is 21.3 Å². The van der Waals surface area contributed by atoms with Crippen LogP contribution < -0.4 is 10.6 Å². The van der Waals surface area contributed by atoms with Crippen LogP contribution in [0.1, 0.15) is 77.0 Å². The van der Waals surface area contributed by atoms with E-state index in [4.69, 9.17) is 13.3 Å². The zero-order valence-corrected chi connectivity index (χ0v) is 21.8. The van der Waals surface area contributed by atoms with Crippen molar-refractivity contribution in [2.45, 2.75) is 90.1 Å². The maximum Gasteiger partial charge on any atom is 0.500 e. The highest BCUT2D eigenvalue weighted by Crippen LogP contribution is 2.14. The second-order valence-corrected chi connectivity index (χ2v) is 11.3. The minimum absolute atomic E-state index is 0.162. The molecule has 0 aliphatic carbocycles. The minimum atomic E-state index is -2.57. The van der Waals surface area contributed by atoms with Gasteiger partial charge < -0.3 is 28.5 Å². The molecule has 0 unspecified atom stereocenters. The number of rotatable bonds is 20. The van der Waals surface area contributed by atoms with E-state index in [2.05, 4.69) is 27.1 Å². The van der Waals surface area contributed by atoms with Gasteiger partial charge in [0.05, 0.1) is 0 Å². The topological polar surface area (TPSA) is 86.6 Å². The number of imidazole rings is 1. The Morgan fingerprint density at radius 1 is 0.906 bits per heavy atom. The molecule has 0 saturated carbocycles. The molecule has 0 atom stereocenters. The minimum Gasteiger partial charge on any atom is -0.377 e. The fraction of sp³-hybridized carbons (Fsp3) is 0.826. The fourth-order valence-electron chi connectivity index (χ4n) is 3.78. The van der Waals surface area contributed by atoms with Gasteiger partial charge >= 0.3 is 14.8 Å². The van der Waals surface area contributed by atoms with E-state index in [0.29, 0.717) is 19.1 Å². The quantitative estimate of drug-likeness (QED) is 0.216.